The van der Waals surface area contributed by atoms with Crippen molar-refractivity contribution >= 4 is 10.0 Å². The van der Waals surface area contributed by atoms with Crippen LogP contribution in [0.4, 0.5) is 0 Å². The predicted molar refractivity (Wildman–Crippen MR) is 90.5 cm³/mol. The van der Waals surface area contributed by atoms with Crippen LogP contribution in [0.2, 0.25) is 0 Å². The van der Waals surface area contributed by atoms with Crippen molar-refractivity contribution in [1.29, 1.82) is 0 Å². The number of hydrogen-bond donors (Lipinski definition) is 2. The van der Waals surface area contributed by atoms with Gasteiger partial charge in [-0.2, -0.15) is 0 Å². The molecule has 0 atom stereocenters. The van der Waals surface area contributed by atoms with E-state index < -0.39 is 10.0 Å². The van der Waals surface area contributed by atoms with Crippen LogP contribution in [0.3, 0.4) is 0 Å². The summed E-state index contributed by atoms with van der Waals surface area (Å²) in [5.74, 6) is 1.42. The summed E-state index contributed by atoms with van der Waals surface area (Å²) in [6.45, 7) is 2.05. The molecule has 2 N–H and O–H groups in total. The minimum Gasteiger partial charge on any atom is -0.497 e. The van der Waals surface area contributed by atoms with Crippen LogP contribution < -0.4 is 9.46 Å². The summed E-state index contributed by atoms with van der Waals surface area (Å²) in [4.78, 5) is 2.95. The van der Waals surface area contributed by atoms with Gasteiger partial charge >= 0.3 is 0 Å². The van der Waals surface area contributed by atoms with Gasteiger partial charge in [0.2, 0.25) is 15.9 Å². The second kappa shape index (κ2) is 7.08. The molecule has 3 aromatic rings. The first-order chi connectivity index (χ1) is 12.0. The van der Waals surface area contributed by atoms with E-state index in [1.807, 2.05) is 13.0 Å². The van der Waals surface area contributed by atoms with Crippen LogP contribution >= 0.6 is 0 Å². The van der Waals surface area contributed by atoms with E-state index in [9.17, 15) is 8.42 Å². The average Bonchev–Trinajstić information content (AvgIpc) is 3.29. The van der Waals surface area contributed by atoms with Gasteiger partial charge in [0.1, 0.15) is 16.3 Å². The van der Waals surface area contributed by atoms with Gasteiger partial charge in [0.15, 0.2) is 0 Å². The highest BCUT2D eigenvalue weighted by Gasteiger charge is 2.18. The van der Waals surface area contributed by atoms with Crippen LogP contribution in [0.1, 0.15) is 18.4 Å². The maximum atomic E-state index is 12.4. The molecule has 132 valence electrons. The molecule has 0 spiro atoms. The zero-order valence-corrected chi connectivity index (χ0v) is 14.6. The third-order valence-electron chi connectivity index (χ3n) is 3.57. The molecule has 0 aliphatic carbocycles. The second-order valence-electron chi connectivity index (χ2n) is 5.28. The molecular formula is C16H18N4O4S. The summed E-state index contributed by atoms with van der Waals surface area (Å²) in [7, 11) is -2.11. The molecule has 0 saturated carbocycles. The van der Waals surface area contributed by atoms with Gasteiger partial charge in [-0.15, -0.1) is 10.2 Å². The van der Waals surface area contributed by atoms with E-state index in [-0.39, 0.29) is 17.3 Å². The fourth-order valence-electron chi connectivity index (χ4n) is 2.20. The van der Waals surface area contributed by atoms with E-state index in [1.54, 1.807) is 25.3 Å². The Hall–Kier alpha value is -2.65. The normalized spacial score (nSPS) is 11.6. The number of H-pyrrole nitrogens is 1. The van der Waals surface area contributed by atoms with Gasteiger partial charge in [-0.1, -0.05) is 19.1 Å². The lowest BCUT2D eigenvalue weighted by Gasteiger charge is -2.06. The number of sulfonamides is 1. The zero-order valence-electron chi connectivity index (χ0n) is 13.8. The lowest BCUT2D eigenvalue weighted by molar-refractivity contribution is 0.414. The molecule has 0 aliphatic rings. The molecule has 0 aliphatic heterocycles. The van der Waals surface area contributed by atoms with Crippen molar-refractivity contribution < 1.29 is 17.6 Å². The van der Waals surface area contributed by atoms with Crippen LogP contribution in [0, 0.1) is 0 Å². The number of methoxy groups -OCH3 is 1. The summed E-state index contributed by atoms with van der Waals surface area (Å²) in [6.07, 6.45) is 2.00. The molecule has 3 rings (SSSR count). The van der Waals surface area contributed by atoms with E-state index in [1.165, 1.54) is 12.3 Å². The monoisotopic (exact) mass is 362 g/mol. The minimum absolute atomic E-state index is 0.0987. The van der Waals surface area contributed by atoms with Crippen molar-refractivity contribution in [2.24, 2.45) is 0 Å². The molecule has 0 saturated heterocycles. The molecular weight excluding hydrogens is 344 g/mol. The lowest BCUT2D eigenvalue weighted by atomic mass is 10.2. The zero-order chi connectivity index (χ0) is 17.9. The predicted octanol–water partition coefficient (Wildman–Crippen LogP) is 2.11. The van der Waals surface area contributed by atoms with Crippen LogP contribution in [0.25, 0.3) is 11.6 Å². The van der Waals surface area contributed by atoms with Gasteiger partial charge in [0.05, 0.1) is 7.11 Å². The van der Waals surface area contributed by atoms with Gasteiger partial charge in [0, 0.05) is 19.2 Å². The topological polar surface area (TPSA) is 110 Å². The van der Waals surface area contributed by atoms with E-state index in [2.05, 4.69) is 19.9 Å². The van der Waals surface area contributed by atoms with E-state index in [0.717, 1.165) is 5.56 Å². The highest BCUT2D eigenvalue weighted by Crippen LogP contribution is 2.21. The number of nitrogens with one attached hydrogen (secondary N) is 2. The summed E-state index contributed by atoms with van der Waals surface area (Å²) >= 11 is 0. The lowest BCUT2D eigenvalue weighted by Crippen LogP contribution is -2.22. The van der Waals surface area contributed by atoms with Crippen molar-refractivity contribution in [3.05, 3.63) is 48.0 Å². The molecule has 0 unspecified atom stereocenters. The summed E-state index contributed by atoms with van der Waals surface area (Å²) < 4.78 is 38.0. The summed E-state index contributed by atoms with van der Waals surface area (Å²) in [5, 5.41) is 7.75. The van der Waals surface area contributed by atoms with Crippen molar-refractivity contribution in [3.8, 4) is 17.3 Å². The SMILES string of the molecule is CCc1nnc(-c2cc(S(=O)(=O)NCc3cccc(OC)c3)c[nH]2)o1. The maximum Gasteiger partial charge on any atom is 0.264 e. The first-order valence-electron chi connectivity index (χ1n) is 7.65. The number of benzene rings is 1. The molecule has 8 nitrogen and oxygen atoms in total. The molecule has 1 aromatic carbocycles. The Balaban J connectivity index is 1.74. The Labute approximate surface area is 145 Å². The number of aryl methyl sites for hydroxylation is 1. The molecule has 0 amide bonds. The Morgan fingerprint density at radius 2 is 2.12 bits per heavy atom. The molecule has 0 fully saturated rings. The van der Waals surface area contributed by atoms with Crippen LogP contribution in [0.5, 0.6) is 5.75 Å². The summed E-state index contributed by atoms with van der Waals surface area (Å²) in [5.41, 5.74) is 1.25. The molecule has 25 heavy (non-hydrogen) atoms. The molecule has 0 radical (unpaired) electrons. The first kappa shape index (κ1) is 17.2. The van der Waals surface area contributed by atoms with E-state index in [4.69, 9.17) is 9.15 Å². The number of rotatable bonds is 7. The highest BCUT2D eigenvalue weighted by molar-refractivity contribution is 7.89. The Bertz CT molecular complexity index is 962. The Kier molecular flexibility index (Phi) is 4.86. The third-order valence-corrected chi connectivity index (χ3v) is 4.95. The first-order valence-corrected chi connectivity index (χ1v) is 9.14. The van der Waals surface area contributed by atoms with Crippen molar-refractivity contribution in [3.63, 3.8) is 0 Å². The van der Waals surface area contributed by atoms with Gasteiger partial charge in [-0.3, -0.25) is 0 Å². The highest BCUT2D eigenvalue weighted by atomic mass is 32.2. The third kappa shape index (κ3) is 3.89. The maximum absolute atomic E-state index is 12.4. The van der Waals surface area contributed by atoms with Crippen molar-refractivity contribution in [1.82, 2.24) is 19.9 Å². The Morgan fingerprint density at radius 1 is 1.28 bits per heavy atom. The minimum atomic E-state index is -3.68. The average molecular weight is 362 g/mol. The van der Waals surface area contributed by atoms with Gasteiger partial charge in [0.25, 0.3) is 5.89 Å². The molecule has 2 heterocycles. The fraction of sp³-hybridized carbons (Fsp3) is 0.250. The van der Waals surface area contributed by atoms with E-state index >= 15 is 0 Å². The van der Waals surface area contributed by atoms with Crippen molar-refractivity contribution in [2.75, 3.05) is 7.11 Å². The van der Waals surface area contributed by atoms with Crippen molar-refractivity contribution in [2.45, 2.75) is 24.8 Å². The van der Waals surface area contributed by atoms with Crippen LogP contribution in [-0.2, 0) is 23.0 Å². The number of hydrogen-bond acceptors (Lipinski definition) is 6. The smallest absolute Gasteiger partial charge is 0.264 e. The van der Waals surface area contributed by atoms with Gasteiger partial charge in [-0.05, 0) is 23.8 Å². The van der Waals surface area contributed by atoms with Crippen LogP contribution in [-0.4, -0.2) is 30.7 Å². The molecule has 0 bridgehead atoms. The summed E-state index contributed by atoms with van der Waals surface area (Å²) in [6, 6.07) is 8.65. The second-order valence-corrected chi connectivity index (χ2v) is 7.05. The van der Waals surface area contributed by atoms with Gasteiger partial charge < -0.3 is 14.1 Å². The van der Waals surface area contributed by atoms with Crippen LogP contribution in [0.15, 0.2) is 45.8 Å². The Morgan fingerprint density at radius 3 is 2.84 bits per heavy atom. The standard InChI is InChI=1S/C16H18N4O4S/c1-3-15-19-20-16(24-15)14-8-13(10-17-14)25(21,22)18-9-11-5-4-6-12(7-11)23-2/h4-8,10,17-18H,3,9H2,1-2H3. The van der Waals surface area contributed by atoms with Gasteiger partial charge in [-0.25, -0.2) is 13.1 Å². The van der Waals surface area contributed by atoms with E-state index in [0.29, 0.717) is 23.8 Å². The molecule has 2 aromatic heterocycles. The largest absolute Gasteiger partial charge is 0.497 e. The quantitative estimate of drug-likeness (QED) is 0.666. The number of aromatic amines is 1. The number of nitrogens with zero attached hydrogens (tertiary/aromatic N) is 2. The fourth-order valence-corrected chi connectivity index (χ4v) is 3.21. The molecule has 9 heteroatoms. The number of ether oxygens (including phenoxy) is 1. The number of aromatic nitrogens is 3.